The summed E-state index contributed by atoms with van der Waals surface area (Å²) >= 11 is 0. The molecule has 1 aliphatic rings. The highest BCUT2D eigenvalue weighted by atomic mass is 16.5. The van der Waals surface area contributed by atoms with E-state index in [0.717, 1.165) is 37.1 Å². The number of carbonyl (C=O) groups excluding carboxylic acids is 2. The molecule has 1 aliphatic heterocycles. The molecule has 1 heterocycles. The number of aryl methyl sites for hydroxylation is 1. The summed E-state index contributed by atoms with van der Waals surface area (Å²) in [6.45, 7) is 3.53. The van der Waals surface area contributed by atoms with Crippen LogP contribution in [0.25, 0.3) is 0 Å². The Balaban J connectivity index is 1.68. The Kier molecular flexibility index (Phi) is 6.19. The Labute approximate surface area is 165 Å². The molecule has 2 amide bonds. The fourth-order valence-electron chi connectivity index (χ4n) is 3.41. The van der Waals surface area contributed by atoms with E-state index in [1.54, 1.807) is 38.5 Å². The zero-order valence-corrected chi connectivity index (χ0v) is 16.6. The lowest BCUT2D eigenvalue weighted by Gasteiger charge is -2.16. The van der Waals surface area contributed by atoms with Crippen molar-refractivity contribution in [3.8, 4) is 11.5 Å². The van der Waals surface area contributed by atoms with Crippen LogP contribution in [0.15, 0.2) is 36.4 Å². The molecular weight excluding hydrogens is 356 g/mol. The van der Waals surface area contributed by atoms with Gasteiger partial charge in [-0.25, -0.2) is 0 Å². The number of likely N-dealkylation sites (tertiary alicyclic amines) is 1. The van der Waals surface area contributed by atoms with Crippen molar-refractivity contribution in [1.82, 2.24) is 4.90 Å². The predicted octanol–water partition coefficient (Wildman–Crippen LogP) is 3.43. The molecular formula is C22H26N2O4. The normalized spacial score (nSPS) is 13.3. The average molecular weight is 382 g/mol. The zero-order chi connectivity index (χ0) is 20.1. The molecule has 2 aromatic rings. The molecule has 3 rings (SSSR count). The fourth-order valence-corrected chi connectivity index (χ4v) is 3.41. The number of nitrogens with one attached hydrogen (secondary N) is 1. The smallest absolute Gasteiger partial charge is 0.253 e. The minimum atomic E-state index is -0.148. The van der Waals surface area contributed by atoms with Gasteiger partial charge < -0.3 is 19.7 Å². The van der Waals surface area contributed by atoms with Gasteiger partial charge in [-0.3, -0.25) is 9.59 Å². The highest BCUT2D eigenvalue weighted by Crippen LogP contribution is 2.26. The number of nitrogens with zero attached hydrogens (tertiary/aromatic N) is 1. The summed E-state index contributed by atoms with van der Waals surface area (Å²) in [6.07, 6.45) is 2.31. The molecule has 0 atom stereocenters. The third kappa shape index (κ3) is 4.44. The van der Waals surface area contributed by atoms with Gasteiger partial charge in [-0.1, -0.05) is 6.07 Å². The van der Waals surface area contributed by atoms with E-state index in [9.17, 15) is 9.59 Å². The Morgan fingerprint density at radius 1 is 1.04 bits per heavy atom. The van der Waals surface area contributed by atoms with E-state index in [1.165, 1.54) is 0 Å². The topological polar surface area (TPSA) is 67.9 Å². The van der Waals surface area contributed by atoms with Gasteiger partial charge in [0.1, 0.15) is 11.5 Å². The molecule has 148 valence electrons. The Hall–Kier alpha value is -3.02. The first kappa shape index (κ1) is 19.7. The second kappa shape index (κ2) is 8.78. The van der Waals surface area contributed by atoms with E-state index in [1.807, 2.05) is 24.0 Å². The minimum Gasteiger partial charge on any atom is -0.497 e. The highest BCUT2D eigenvalue weighted by molar-refractivity contribution is 5.97. The number of carbonyl (C=O) groups is 2. The van der Waals surface area contributed by atoms with Crippen molar-refractivity contribution in [2.24, 2.45) is 0 Å². The maximum atomic E-state index is 12.5. The highest BCUT2D eigenvalue weighted by Gasteiger charge is 2.20. The van der Waals surface area contributed by atoms with Crippen LogP contribution in [0.3, 0.4) is 0 Å². The van der Waals surface area contributed by atoms with Gasteiger partial charge in [-0.15, -0.1) is 0 Å². The zero-order valence-electron chi connectivity index (χ0n) is 16.6. The summed E-state index contributed by atoms with van der Waals surface area (Å²) in [5.41, 5.74) is 3.00. The number of hydrogen-bond donors (Lipinski definition) is 1. The van der Waals surface area contributed by atoms with Crippen LogP contribution in [-0.2, 0) is 11.2 Å². The van der Waals surface area contributed by atoms with Gasteiger partial charge in [-0.05, 0) is 49.6 Å². The SMILES string of the molecule is COc1ccc(CC(=O)Nc2ccc(C(=O)N3CCCC3)cc2C)c(OC)c1. The molecule has 1 N–H and O–H groups in total. The number of hydrogen-bond acceptors (Lipinski definition) is 4. The molecule has 6 heteroatoms. The van der Waals surface area contributed by atoms with Gasteiger partial charge in [0.25, 0.3) is 5.91 Å². The van der Waals surface area contributed by atoms with E-state index in [4.69, 9.17) is 9.47 Å². The van der Waals surface area contributed by atoms with Crippen molar-refractivity contribution >= 4 is 17.5 Å². The van der Waals surface area contributed by atoms with Crippen molar-refractivity contribution in [2.75, 3.05) is 32.6 Å². The van der Waals surface area contributed by atoms with E-state index < -0.39 is 0 Å². The number of ether oxygens (including phenoxy) is 2. The molecule has 0 aliphatic carbocycles. The predicted molar refractivity (Wildman–Crippen MR) is 108 cm³/mol. The van der Waals surface area contributed by atoms with Crippen molar-refractivity contribution in [1.29, 1.82) is 0 Å². The third-order valence-electron chi connectivity index (χ3n) is 4.99. The Bertz CT molecular complexity index is 873. The number of rotatable bonds is 6. The second-order valence-corrected chi connectivity index (χ2v) is 6.93. The largest absolute Gasteiger partial charge is 0.497 e. The van der Waals surface area contributed by atoms with Gasteiger partial charge in [0.05, 0.1) is 20.6 Å². The molecule has 0 radical (unpaired) electrons. The van der Waals surface area contributed by atoms with Crippen molar-refractivity contribution in [3.63, 3.8) is 0 Å². The van der Waals surface area contributed by atoms with Crippen LogP contribution >= 0.6 is 0 Å². The molecule has 0 bridgehead atoms. The number of benzene rings is 2. The molecule has 0 saturated carbocycles. The molecule has 28 heavy (non-hydrogen) atoms. The van der Waals surface area contributed by atoms with E-state index in [0.29, 0.717) is 22.7 Å². The molecule has 6 nitrogen and oxygen atoms in total. The Morgan fingerprint density at radius 3 is 2.43 bits per heavy atom. The average Bonchev–Trinajstić information content (AvgIpc) is 3.24. The maximum absolute atomic E-state index is 12.5. The lowest BCUT2D eigenvalue weighted by molar-refractivity contribution is -0.115. The van der Waals surface area contributed by atoms with Crippen molar-refractivity contribution in [2.45, 2.75) is 26.2 Å². The van der Waals surface area contributed by atoms with E-state index >= 15 is 0 Å². The van der Waals surface area contributed by atoms with Gasteiger partial charge in [0, 0.05) is 36.0 Å². The van der Waals surface area contributed by atoms with E-state index in [2.05, 4.69) is 5.32 Å². The fraction of sp³-hybridized carbons (Fsp3) is 0.364. The van der Waals surface area contributed by atoms with Gasteiger partial charge >= 0.3 is 0 Å². The quantitative estimate of drug-likeness (QED) is 0.831. The van der Waals surface area contributed by atoms with Crippen LogP contribution in [0.5, 0.6) is 11.5 Å². The summed E-state index contributed by atoms with van der Waals surface area (Å²) < 4.78 is 10.5. The second-order valence-electron chi connectivity index (χ2n) is 6.93. The van der Waals surface area contributed by atoms with Crippen LogP contribution in [0.2, 0.25) is 0 Å². The van der Waals surface area contributed by atoms with Crippen LogP contribution in [-0.4, -0.2) is 44.0 Å². The summed E-state index contributed by atoms with van der Waals surface area (Å²) in [4.78, 5) is 26.9. The molecule has 1 fully saturated rings. The summed E-state index contributed by atoms with van der Waals surface area (Å²) in [5.74, 6) is 1.19. The van der Waals surface area contributed by atoms with Crippen LogP contribution in [0, 0.1) is 6.92 Å². The van der Waals surface area contributed by atoms with Crippen molar-refractivity contribution < 1.29 is 19.1 Å². The monoisotopic (exact) mass is 382 g/mol. The first-order chi connectivity index (χ1) is 13.5. The van der Waals surface area contributed by atoms with E-state index in [-0.39, 0.29) is 18.2 Å². The van der Waals surface area contributed by atoms with Crippen LogP contribution in [0.1, 0.15) is 34.3 Å². The summed E-state index contributed by atoms with van der Waals surface area (Å²) in [7, 11) is 3.15. The van der Waals surface area contributed by atoms with Crippen LogP contribution < -0.4 is 14.8 Å². The van der Waals surface area contributed by atoms with Crippen molar-refractivity contribution in [3.05, 3.63) is 53.1 Å². The number of anilines is 1. The first-order valence-corrected chi connectivity index (χ1v) is 9.42. The first-order valence-electron chi connectivity index (χ1n) is 9.42. The lowest BCUT2D eigenvalue weighted by atomic mass is 10.1. The molecule has 0 spiro atoms. The molecule has 2 aromatic carbocycles. The summed E-state index contributed by atoms with van der Waals surface area (Å²) in [6, 6.07) is 10.8. The Morgan fingerprint density at radius 2 is 1.79 bits per heavy atom. The molecule has 0 aromatic heterocycles. The van der Waals surface area contributed by atoms with Gasteiger partial charge in [0.15, 0.2) is 0 Å². The number of amides is 2. The lowest BCUT2D eigenvalue weighted by Crippen LogP contribution is -2.27. The maximum Gasteiger partial charge on any atom is 0.253 e. The molecule has 0 unspecified atom stereocenters. The minimum absolute atomic E-state index is 0.0569. The van der Waals surface area contributed by atoms with Gasteiger partial charge in [-0.2, -0.15) is 0 Å². The standard InChI is InChI=1S/C22H26N2O4/c1-15-12-17(22(26)24-10-4-5-11-24)7-9-19(15)23-21(25)13-16-6-8-18(27-2)14-20(16)28-3/h6-9,12,14H,4-5,10-11,13H2,1-3H3,(H,23,25). The van der Waals surface area contributed by atoms with Crippen LogP contribution in [0.4, 0.5) is 5.69 Å². The van der Waals surface area contributed by atoms with Gasteiger partial charge in [0.2, 0.25) is 5.91 Å². The third-order valence-corrected chi connectivity index (χ3v) is 4.99. The summed E-state index contributed by atoms with van der Waals surface area (Å²) in [5, 5.41) is 2.92. The number of methoxy groups -OCH3 is 2. The molecule has 1 saturated heterocycles.